The zero-order chi connectivity index (χ0) is 14.1. The summed E-state index contributed by atoms with van der Waals surface area (Å²) in [7, 11) is 1.90. The third kappa shape index (κ3) is 2.65. The molecule has 0 bridgehead atoms. The van der Waals surface area contributed by atoms with E-state index in [1.165, 1.54) is 25.7 Å². The molecule has 0 aliphatic heterocycles. The van der Waals surface area contributed by atoms with Crippen LogP contribution in [0.25, 0.3) is 10.7 Å². The second-order valence-electron chi connectivity index (χ2n) is 4.92. The third-order valence-corrected chi connectivity index (χ3v) is 6.29. The van der Waals surface area contributed by atoms with Crippen LogP contribution in [0.4, 0.5) is 5.82 Å². The normalized spacial score (nSPS) is 15.8. The first-order chi connectivity index (χ1) is 9.70. The van der Waals surface area contributed by atoms with E-state index in [1.54, 1.807) is 11.3 Å². The van der Waals surface area contributed by atoms with E-state index in [9.17, 15) is 0 Å². The van der Waals surface area contributed by atoms with Crippen LogP contribution < -0.4 is 5.32 Å². The summed E-state index contributed by atoms with van der Waals surface area (Å²) >= 11 is 8.91. The lowest BCUT2D eigenvalue weighted by molar-refractivity contribution is 0.691. The van der Waals surface area contributed by atoms with Gasteiger partial charge in [0.05, 0.1) is 15.0 Å². The molecular formula is C14H15Br2N3S. The SMILES string of the molecule is CNc1nc(-c2sccc2Br)nc(C2CCCC2)c1Br. The molecule has 2 heterocycles. The van der Waals surface area contributed by atoms with Crippen molar-refractivity contribution in [2.75, 3.05) is 12.4 Å². The Morgan fingerprint density at radius 1 is 1.25 bits per heavy atom. The number of anilines is 1. The molecule has 2 aromatic heterocycles. The van der Waals surface area contributed by atoms with Crippen molar-refractivity contribution in [2.24, 2.45) is 0 Å². The molecule has 2 aromatic rings. The topological polar surface area (TPSA) is 37.8 Å². The van der Waals surface area contributed by atoms with Crippen LogP contribution in [0.1, 0.15) is 37.3 Å². The van der Waals surface area contributed by atoms with Crippen molar-refractivity contribution in [3.05, 3.63) is 26.1 Å². The number of hydrogen-bond acceptors (Lipinski definition) is 4. The van der Waals surface area contributed by atoms with Gasteiger partial charge in [-0.1, -0.05) is 12.8 Å². The number of halogens is 2. The van der Waals surface area contributed by atoms with Crippen LogP contribution in [-0.2, 0) is 0 Å². The van der Waals surface area contributed by atoms with E-state index < -0.39 is 0 Å². The summed E-state index contributed by atoms with van der Waals surface area (Å²) in [6.07, 6.45) is 5.05. The quantitative estimate of drug-likeness (QED) is 0.724. The fourth-order valence-electron chi connectivity index (χ4n) is 2.65. The number of nitrogens with one attached hydrogen (secondary N) is 1. The van der Waals surface area contributed by atoms with Crippen LogP contribution >= 0.6 is 43.2 Å². The molecule has 0 saturated heterocycles. The largest absolute Gasteiger partial charge is 0.372 e. The predicted molar refractivity (Wildman–Crippen MR) is 91.5 cm³/mol. The van der Waals surface area contributed by atoms with Crippen LogP contribution in [0.15, 0.2) is 20.4 Å². The first-order valence-electron chi connectivity index (χ1n) is 6.69. The Balaban J connectivity index is 2.12. The Labute approximate surface area is 139 Å². The second kappa shape index (κ2) is 6.12. The molecule has 20 heavy (non-hydrogen) atoms. The zero-order valence-electron chi connectivity index (χ0n) is 11.1. The maximum atomic E-state index is 4.85. The van der Waals surface area contributed by atoms with Gasteiger partial charge < -0.3 is 5.32 Å². The molecule has 1 N–H and O–H groups in total. The van der Waals surface area contributed by atoms with Gasteiger partial charge in [0.2, 0.25) is 0 Å². The Kier molecular flexibility index (Phi) is 4.43. The van der Waals surface area contributed by atoms with E-state index in [4.69, 9.17) is 4.98 Å². The Morgan fingerprint density at radius 3 is 2.60 bits per heavy atom. The molecule has 6 heteroatoms. The Bertz CT molecular complexity index is 621. The highest BCUT2D eigenvalue weighted by molar-refractivity contribution is 9.11. The third-order valence-electron chi connectivity index (χ3n) is 3.68. The van der Waals surface area contributed by atoms with Crippen LogP contribution in [-0.4, -0.2) is 17.0 Å². The average Bonchev–Trinajstić information content (AvgIpc) is 3.10. The molecule has 0 unspecified atom stereocenters. The average molecular weight is 417 g/mol. The summed E-state index contributed by atoms with van der Waals surface area (Å²) in [6, 6.07) is 2.04. The predicted octanol–water partition coefficient (Wildman–Crippen LogP) is 5.43. The minimum atomic E-state index is 0.553. The maximum absolute atomic E-state index is 4.85. The minimum absolute atomic E-state index is 0.553. The Hall–Kier alpha value is -0.460. The van der Waals surface area contributed by atoms with Gasteiger partial charge in [0.1, 0.15) is 5.82 Å². The number of hydrogen-bond donors (Lipinski definition) is 1. The summed E-state index contributed by atoms with van der Waals surface area (Å²) in [5.41, 5.74) is 1.15. The van der Waals surface area contributed by atoms with Crippen LogP contribution in [0.2, 0.25) is 0 Å². The second-order valence-corrected chi connectivity index (χ2v) is 7.49. The minimum Gasteiger partial charge on any atom is -0.372 e. The van der Waals surface area contributed by atoms with Gasteiger partial charge in [-0.15, -0.1) is 11.3 Å². The lowest BCUT2D eigenvalue weighted by Crippen LogP contribution is -2.05. The number of aromatic nitrogens is 2. The molecule has 1 fully saturated rings. The molecule has 0 atom stereocenters. The van der Waals surface area contributed by atoms with Gasteiger partial charge in [0, 0.05) is 17.4 Å². The van der Waals surface area contributed by atoms with Gasteiger partial charge in [0.15, 0.2) is 5.82 Å². The van der Waals surface area contributed by atoms with Gasteiger partial charge >= 0.3 is 0 Å². The molecule has 0 radical (unpaired) electrons. The van der Waals surface area contributed by atoms with Gasteiger partial charge in [-0.3, -0.25) is 0 Å². The maximum Gasteiger partial charge on any atom is 0.173 e. The first-order valence-corrected chi connectivity index (χ1v) is 9.16. The summed E-state index contributed by atoms with van der Waals surface area (Å²) in [6.45, 7) is 0. The lowest BCUT2D eigenvalue weighted by Gasteiger charge is -2.15. The van der Waals surface area contributed by atoms with Crippen molar-refractivity contribution in [2.45, 2.75) is 31.6 Å². The van der Waals surface area contributed by atoms with E-state index in [-0.39, 0.29) is 0 Å². The molecule has 1 saturated carbocycles. The zero-order valence-corrected chi connectivity index (χ0v) is 15.1. The van der Waals surface area contributed by atoms with E-state index >= 15 is 0 Å². The van der Waals surface area contributed by atoms with Gasteiger partial charge in [-0.05, 0) is 56.1 Å². The van der Waals surface area contributed by atoms with Gasteiger partial charge in [-0.25, -0.2) is 9.97 Å². The standard InChI is InChI=1S/C14H15Br2N3S/c1-17-13-10(16)11(8-4-2-3-5-8)18-14(19-13)12-9(15)6-7-20-12/h6-8H,2-5H2,1H3,(H,17,18,19). The smallest absolute Gasteiger partial charge is 0.173 e. The van der Waals surface area contributed by atoms with Crippen LogP contribution in [0, 0.1) is 0 Å². The van der Waals surface area contributed by atoms with E-state index in [0.717, 1.165) is 31.2 Å². The molecule has 0 aromatic carbocycles. The molecule has 3 nitrogen and oxygen atoms in total. The summed E-state index contributed by atoms with van der Waals surface area (Å²) in [4.78, 5) is 10.6. The van der Waals surface area contributed by atoms with Crippen molar-refractivity contribution < 1.29 is 0 Å². The van der Waals surface area contributed by atoms with E-state index in [2.05, 4.69) is 47.5 Å². The Morgan fingerprint density at radius 2 is 2.00 bits per heavy atom. The number of thiophene rings is 1. The molecule has 106 valence electrons. The van der Waals surface area contributed by atoms with Gasteiger partial charge in [-0.2, -0.15) is 0 Å². The summed E-state index contributed by atoms with van der Waals surface area (Å²) in [5.74, 6) is 2.23. The monoisotopic (exact) mass is 415 g/mol. The fourth-order valence-corrected chi connectivity index (χ4v) is 4.84. The van der Waals surface area contributed by atoms with E-state index in [1.807, 2.05) is 13.1 Å². The highest BCUT2D eigenvalue weighted by Gasteiger charge is 2.24. The summed E-state index contributed by atoms with van der Waals surface area (Å²) in [5, 5.41) is 5.23. The van der Waals surface area contributed by atoms with Crippen molar-refractivity contribution in [1.82, 2.24) is 9.97 Å². The highest BCUT2D eigenvalue weighted by atomic mass is 79.9. The molecule has 1 aliphatic carbocycles. The fraction of sp³-hybridized carbons (Fsp3) is 0.429. The van der Waals surface area contributed by atoms with Crippen molar-refractivity contribution in [1.29, 1.82) is 0 Å². The molecule has 0 spiro atoms. The first kappa shape index (κ1) is 14.5. The summed E-state index contributed by atoms with van der Waals surface area (Å²) < 4.78 is 2.08. The van der Waals surface area contributed by atoms with Crippen molar-refractivity contribution >= 4 is 49.0 Å². The van der Waals surface area contributed by atoms with Crippen molar-refractivity contribution in [3.63, 3.8) is 0 Å². The van der Waals surface area contributed by atoms with Gasteiger partial charge in [0.25, 0.3) is 0 Å². The number of rotatable bonds is 3. The molecule has 1 aliphatic rings. The number of nitrogens with zero attached hydrogens (tertiary/aromatic N) is 2. The van der Waals surface area contributed by atoms with Crippen molar-refractivity contribution in [3.8, 4) is 10.7 Å². The highest BCUT2D eigenvalue weighted by Crippen LogP contribution is 2.41. The van der Waals surface area contributed by atoms with E-state index in [0.29, 0.717) is 5.92 Å². The lowest BCUT2D eigenvalue weighted by atomic mass is 10.0. The molecule has 0 amide bonds. The molecular weight excluding hydrogens is 402 g/mol. The van der Waals surface area contributed by atoms with Crippen LogP contribution in [0.5, 0.6) is 0 Å². The van der Waals surface area contributed by atoms with Crippen LogP contribution in [0.3, 0.4) is 0 Å². The molecule has 3 rings (SSSR count).